The van der Waals surface area contributed by atoms with Crippen molar-refractivity contribution in [3.8, 4) is 0 Å². The van der Waals surface area contributed by atoms with E-state index in [2.05, 4.69) is 22.5 Å². The number of amides is 1. The fraction of sp³-hybridized carbons (Fsp3) is 0.917. The molecule has 1 rings (SSSR count). The summed E-state index contributed by atoms with van der Waals surface area (Å²) in [5.74, 6) is 0.124. The van der Waals surface area contributed by atoms with E-state index in [1.165, 1.54) is 0 Å². The predicted molar refractivity (Wildman–Crippen MR) is 68.0 cm³/mol. The van der Waals surface area contributed by atoms with E-state index in [0.29, 0.717) is 19.0 Å². The van der Waals surface area contributed by atoms with E-state index in [1.54, 1.807) is 0 Å². The Morgan fingerprint density at radius 3 is 2.76 bits per heavy atom. The van der Waals surface area contributed by atoms with E-state index in [-0.39, 0.29) is 5.91 Å². The Morgan fingerprint density at radius 1 is 1.41 bits per heavy atom. The van der Waals surface area contributed by atoms with Gasteiger partial charge in [0, 0.05) is 45.2 Å². The lowest BCUT2D eigenvalue weighted by molar-refractivity contribution is -0.120. The maximum absolute atomic E-state index is 11.2. The SMILES string of the molecule is CCNC(=O)CCNC(C)CN1CCOCC1. The Kier molecular flexibility index (Phi) is 7.16. The number of nitrogens with zero attached hydrogens (tertiary/aromatic N) is 1. The molecular weight excluding hydrogens is 218 g/mol. The Hall–Kier alpha value is -0.650. The van der Waals surface area contributed by atoms with Crippen LogP contribution in [0.25, 0.3) is 0 Å². The summed E-state index contributed by atoms with van der Waals surface area (Å²) in [6.45, 7) is 10.3. The molecule has 0 aliphatic carbocycles. The average molecular weight is 243 g/mol. The van der Waals surface area contributed by atoms with Crippen molar-refractivity contribution in [1.29, 1.82) is 0 Å². The number of hydrogen-bond acceptors (Lipinski definition) is 4. The van der Waals surface area contributed by atoms with Crippen LogP contribution in [0.5, 0.6) is 0 Å². The van der Waals surface area contributed by atoms with Gasteiger partial charge >= 0.3 is 0 Å². The molecule has 1 unspecified atom stereocenters. The Labute approximate surface area is 104 Å². The van der Waals surface area contributed by atoms with Crippen molar-refractivity contribution in [2.75, 3.05) is 45.9 Å². The first-order valence-corrected chi connectivity index (χ1v) is 6.52. The number of carbonyl (C=O) groups is 1. The molecule has 1 aliphatic rings. The topological polar surface area (TPSA) is 53.6 Å². The molecule has 1 aliphatic heterocycles. The zero-order chi connectivity index (χ0) is 12.5. The number of nitrogens with one attached hydrogen (secondary N) is 2. The predicted octanol–water partition coefficient (Wildman–Crippen LogP) is -0.177. The summed E-state index contributed by atoms with van der Waals surface area (Å²) >= 11 is 0. The molecule has 1 amide bonds. The zero-order valence-electron chi connectivity index (χ0n) is 11.0. The van der Waals surface area contributed by atoms with Crippen molar-refractivity contribution in [2.24, 2.45) is 0 Å². The molecule has 1 saturated heterocycles. The first-order valence-electron chi connectivity index (χ1n) is 6.52. The quantitative estimate of drug-likeness (QED) is 0.651. The molecule has 100 valence electrons. The molecule has 0 saturated carbocycles. The summed E-state index contributed by atoms with van der Waals surface area (Å²) in [6.07, 6.45) is 0.557. The fourth-order valence-electron chi connectivity index (χ4n) is 1.95. The zero-order valence-corrected chi connectivity index (χ0v) is 11.0. The molecule has 0 aromatic heterocycles. The number of ether oxygens (including phenoxy) is 1. The lowest BCUT2D eigenvalue weighted by atomic mass is 10.2. The third kappa shape index (κ3) is 6.61. The third-order valence-corrected chi connectivity index (χ3v) is 2.85. The minimum atomic E-state index is 0.124. The minimum absolute atomic E-state index is 0.124. The molecule has 2 N–H and O–H groups in total. The molecule has 1 heterocycles. The Morgan fingerprint density at radius 2 is 2.12 bits per heavy atom. The lowest BCUT2D eigenvalue weighted by Gasteiger charge is -2.29. The normalized spacial score (nSPS) is 18.9. The van der Waals surface area contributed by atoms with Crippen molar-refractivity contribution in [3.05, 3.63) is 0 Å². The third-order valence-electron chi connectivity index (χ3n) is 2.85. The molecule has 0 radical (unpaired) electrons. The van der Waals surface area contributed by atoms with Gasteiger partial charge in [0.25, 0.3) is 0 Å². The monoisotopic (exact) mass is 243 g/mol. The summed E-state index contributed by atoms with van der Waals surface area (Å²) in [5.41, 5.74) is 0. The smallest absolute Gasteiger partial charge is 0.221 e. The van der Waals surface area contributed by atoms with Crippen LogP contribution in [0, 0.1) is 0 Å². The van der Waals surface area contributed by atoms with Gasteiger partial charge in [0.05, 0.1) is 13.2 Å². The van der Waals surface area contributed by atoms with Crippen LogP contribution in [0.1, 0.15) is 20.3 Å². The van der Waals surface area contributed by atoms with Crippen molar-refractivity contribution < 1.29 is 9.53 Å². The van der Waals surface area contributed by atoms with Crippen molar-refractivity contribution in [3.63, 3.8) is 0 Å². The van der Waals surface area contributed by atoms with Crippen LogP contribution in [0.3, 0.4) is 0 Å². The lowest BCUT2D eigenvalue weighted by Crippen LogP contribution is -2.45. The first kappa shape index (κ1) is 14.4. The maximum Gasteiger partial charge on any atom is 0.221 e. The van der Waals surface area contributed by atoms with E-state index < -0.39 is 0 Å². The second-order valence-electron chi connectivity index (χ2n) is 4.47. The fourth-order valence-corrected chi connectivity index (χ4v) is 1.95. The van der Waals surface area contributed by atoms with Crippen molar-refractivity contribution in [1.82, 2.24) is 15.5 Å². The standard InChI is InChI=1S/C12H25N3O2/c1-3-13-12(16)4-5-14-11(2)10-15-6-8-17-9-7-15/h11,14H,3-10H2,1-2H3,(H,13,16). The van der Waals surface area contributed by atoms with Gasteiger partial charge in [0.2, 0.25) is 5.91 Å². The summed E-state index contributed by atoms with van der Waals surface area (Å²) in [6, 6.07) is 0.419. The molecule has 17 heavy (non-hydrogen) atoms. The Balaban J connectivity index is 2.03. The molecule has 0 aromatic carbocycles. The first-order chi connectivity index (χ1) is 8.22. The summed E-state index contributed by atoms with van der Waals surface area (Å²) in [7, 11) is 0. The van der Waals surface area contributed by atoms with Crippen LogP contribution in [-0.4, -0.2) is 62.8 Å². The summed E-state index contributed by atoms with van der Waals surface area (Å²) in [4.78, 5) is 13.6. The number of rotatable bonds is 7. The molecular formula is C12H25N3O2. The second-order valence-corrected chi connectivity index (χ2v) is 4.47. The molecule has 0 spiro atoms. The van der Waals surface area contributed by atoms with Gasteiger partial charge in [0.15, 0.2) is 0 Å². The number of morpholine rings is 1. The summed E-state index contributed by atoms with van der Waals surface area (Å²) < 4.78 is 5.31. The van der Waals surface area contributed by atoms with Gasteiger partial charge in [0.1, 0.15) is 0 Å². The Bertz CT molecular complexity index is 218. The highest BCUT2D eigenvalue weighted by molar-refractivity contribution is 5.75. The van der Waals surface area contributed by atoms with Crippen LogP contribution in [0.2, 0.25) is 0 Å². The largest absolute Gasteiger partial charge is 0.379 e. The molecule has 1 fully saturated rings. The van der Waals surface area contributed by atoms with E-state index in [9.17, 15) is 4.79 Å². The van der Waals surface area contributed by atoms with Crippen LogP contribution in [0.15, 0.2) is 0 Å². The van der Waals surface area contributed by atoms with Crippen LogP contribution >= 0.6 is 0 Å². The molecule has 0 bridgehead atoms. The second kappa shape index (κ2) is 8.44. The van der Waals surface area contributed by atoms with Gasteiger partial charge < -0.3 is 15.4 Å². The van der Waals surface area contributed by atoms with Crippen molar-refractivity contribution >= 4 is 5.91 Å². The molecule has 5 nitrogen and oxygen atoms in total. The van der Waals surface area contributed by atoms with Gasteiger partial charge in [-0.15, -0.1) is 0 Å². The van der Waals surface area contributed by atoms with E-state index in [1.807, 2.05) is 6.92 Å². The highest BCUT2D eigenvalue weighted by Crippen LogP contribution is 1.98. The molecule has 0 aromatic rings. The number of carbonyl (C=O) groups excluding carboxylic acids is 1. The highest BCUT2D eigenvalue weighted by Gasteiger charge is 2.13. The minimum Gasteiger partial charge on any atom is -0.379 e. The van der Waals surface area contributed by atoms with Gasteiger partial charge in [-0.1, -0.05) is 0 Å². The molecule has 1 atom stereocenters. The van der Waals surface area contributed by atoms with Crippen molar-refractivity contribution in [2.45, 2.75) is 26.3 Å². The van der Waals surface area contributed by atoms with Gasteiger partial charge in [-0.3, -0.25) is 9.69 Å². The highest BCUT2D eigenvalue weighted by atomic mass is 16.5. The average Bonchev–Trinajstić information content (AvgIpc) is 2.30. The van der Waals surface area contributed by atoms with Crippen LogP contribution in [0.4, 0.5) is 0 Å². The number of hydrogen-bond donors (Lipinski definition) is 2. The van der Waals surface area contributed by atoms with Gasteiger partial charge in [-0.25, -0.2) is 0 Å². The van der Waals surface area contributed by atoms with E-state index in [0.717, 1.165) is 39.4 Å². The van der Waals surface area contributed by atoms with E-state index >= 15 is 0 Å². The van der Waals surface area contributed by atoms with E-state index in [4.69, 9.17) is 4.74 Å². The maximum atomic E-state index is 11.2. The van der Waals surface area contributed by atoms with Gasteiger partial charge in [-0.2, -0.15) is 0 Å². The van der Waals surface area contributed by atoms with Crippen LogP contribution in [-0.2, 0) is 9.53 Å². The summed E-state index contributed by atoms with van der Waals surface area (Å²) in [5, 5.41) is 6.17. The molecule has 5 heteroatoms. The van der Waals surface area contributed by atoms with Crippen LogP contribution < -0.4 is 10.6 Å². The van der Waals surface area contributed by atoms with Gasteiger partial charge in [-0.05, 0) is 13.8 Å².